The Labute approximate surface area is 153 Å². The molecule has 1 saturated heterocycles. The van der Waals surface area contributed by atoms with Crippen LogP contribution in [0.5, 0.6) is 0 Å². The average Bonchev–Trinajstić information content (AvgIpc) is 2.59. The maximum Gasteiger partial charge on any atom is 0.409 e. The fraction of sp³-hybridized carbons (Fsp3) is 0.556. The van der Waals surface area contributed by atoms with Gasteiger partial charge in [-0.2, -0.15) is 0 Å². The smallest absolute Gasteiger partial charge is 0.409 e. The molecule has 2 rings (SSSR count). The number of benzene rings is 1. The molecule has 0 aliphatic carbocycles. The highest BCUT2D eigenvalue weighted by atomic mass is 35.5. The normalized spacial score (nSPS) is 15.1. The number of aryl methyl sites for hydroxylation is 1. The van der Waals surface area contributed by atoms with Crippen LogP contribution in [0.25, 0.3) is 0 Å². The monoisotopic (exact) mass is 367 g/mol. The van der Waals surface area contributed by atoms with E-state index >= 15 is 0 Å². The van der Waals surface area contributed by atoms with E-state index in [4.69, 9.17) is 16.3 Å². The molecule has 0 spiro atoms. The molecule has 1 heterocycles. The van der Waals surface area contributed by atoms with Gasteiger partial charge >= 0.3 is 6.09 Å². The Balaban J connectivity index is 1.67. The van der Waals surface area contributed by atoms with E-state index in [0.717, 1.165) is 24.1 Å². The van der Waals surface area contributed by atoms with Crippen molar-refractivity contribution in [1.82, 2.24) is 10.2 Å². The average molecular weight is 368 g/mol. The lowest BCUT2D eigenvalue weighted by molar-refractivity contribution is -0.116. The van der Waals surface area contributed by atoms with Gasteiger partial charge in [0.05, 0.1) is 6.61 Å². The summed E-state index contributed by atoms with van der Waals surface area (Å²) in [5.41, 5.74) is 1.73. The van der Waals surface area contributed by atoms with Crippen LogP contribution in [0.15, 0.2) is 18.2 Å². The molecule has 1 aromatic carbocycles. The van der Waals surface area contributed by atoms with Gasteiger partial charge in [0.1, 0.15) is 0 Å². The summed E-state index contributed by atoms with van der Waals surface area (Å²) in [5.74, 6) is -0.0400. The SMILES string of the molecule is CCOC(=O)N1CCC(NCCC(=O)Nc2cc(Cl)ccc2C)CC1. The first-order valence-electron chi connectivity index (χ1n) is 8.70. The Morgan fingerprint density at radius 3 is 2.72 bits per heavy atom. The van der Waals surface area contributed by atoms with Crippen molar-refractivity contribution in [3.8, 4) is 0 Å². The second-order valence-electron chi connectivity index (χ2n) is 6.17. The van der Waals surface area contributed by atoms with Crippen LogP contribution in [0.4, 0.5) is 10.5 Å². The second-order valence-corrected chi connectivity index (χ2v) is 6.61. The Morgan fingerprint density at radius 1 is 1.32 bits per heavy atom. The third-order valence-electron chi connectivity index (χ3n) is 4.28. The molecule has 0 atom stereocenters. The van der Waals surface area contributed by atoms with Gasteiger partial charge in [-0.05, 0) is 44.4 Å². The van der Waals surface area contributed by atoms with Crippen LogP contribution in [0, 0.1) is 6.92 Å². The van der Waals surface area contributed by atoms with E-state index in [0.29, 0.717) is 43.7 Å². The Hall–Kier alpha value is -1.79. The number of hydrogen-bond acceptors (Lipinski definition) is 4. The van der Waals surface area contributed by atoms with Crippen molar-refractivity contribution >= 4 is 29.3 Å². The molecule has 0 aromatic heterocycles. The molecule has 1 fully saturated rings. The molecule has 2 amide bonds. The number of ether oxygens (including phenoxy) is 1. The number of carbonyl (C=O) groups is 2. The number of hydrogen-bond donors (Lipinski definition) is 2. The Bertz CT molecular complexity index is 601. The van der Waals surface area contributed by atoms with E-state index in [2.05, 4.69) is 10.6 Å². The highest BCUT2D eigenvalue weighted by Crippen LogP contribution is 2.20. The molecular weight excluding hydrogens is 342 g/mol. The van der Waals surface area contributed by atoms with Crippen LogP contribution in [0.2, 0.25) is 5.02 Å². The number of amides is 2. The summed E-state index contributed by atoms with van der Waals surface area (Å²) < 4.78 is 5.01. The molecule has 138 valence electrons. The van der Waals surface area contributed by atoms with Crippen molar-refractivity contribution in [2.75, 3.05) is 31.6 Å². The van der Waals surface area contributed by atoms with Gasteiger partial charge in [-0.1, -0.05) is 17.7 Å². The van der Waals surface area contributed by atoms with E-state index < -0.39 is 0 Å². The van der Waals surface area contributed by atoms with Crippen molar-refractivity contribution in [2.24, 2.45) is 0 Å². The summed E-state index contributed by atoms with van der Waals surface area (Å²) in [5, 5.41) is 6.89. The quantitative estimate of drug-likeness (QED) is 0.810. The Morgan fingerprint density at radius 2 is 2.04 bits per heavy atom. The first-order chi connectivity index (χ1) is 12.0. The first kappa shape index (κ1) is 19.5. The Kier molecular flexibility index (Phi) is 7.52. The van der Waals surface area contributed by atoms with E-state index in [1.807, 2.05) is 19.9 Å². The second kappa shape index (κ2) is 9.63. The summed E-state index contributed by atoms with van der Waals surface area (Å²) in [7, 11) is 0. The zero-order valence-electron chi connectivity index (χ0n) is 14.8. The van der Waals surface area contributed by atoms with Gasteiger partial charge in [0.15, 0.2) is 0 Å². The zero-order chi connectivity index (χ0) is 18.2. The standard InChI is InChI=1S/C18H26ClN3O3/c1-3-25-18(24)22-10-7-15(8-11-22)20-9-6-17(23)21-16-12-14(19)5-4-13(16)2/h4-5,12,15,20H,3,6-11H2,1-2H3,(H,21,23). The summed E-state index contributed by atoms with van der Waals surface area (Å²) in [4.78, 5) is 25.5. The van der Waals surface area contributed by atoms with Crippen molar-refractivity contribution in [2.45, 2.75) is 39.2 Å². The lowest BCUT2D eigenvalue weighted by Crippen LogP contribution is -2.45. The lowest BCUT2D eigenvalue weighted by atomic mass is 10.1. The predicted octanol–water partition coefficient (Wildman–Crippen LogP) is 3.19. The topological polar surface area (TPSA) is 70.7 Å². The summed E-state index contributed by atoms with van der Waals surface area (Å²) >= 11 is 5.96. The minimum Gasteiger partial charge on any atom is -0.450 e. The molecule has 1 aliphatic rings. The van der Waals surface area contributed by atoms with Gasteiger partial charge < -0.3 is 20.3 Å². The molecular formula is C18H26ClN3O3. The van der Waals surface area contributed by atoms with E-state index in [-0.39, 0.29) is 12.0 Å². The van der Waals surface area contributed by atoms with Gasteiger partial charge in [-0.25, -0.2) is 4.79 Å². The van der Waals surface area contributed by atoms with Crippen molar-refractivity contribution < 1.29 is 14.3 Å². The summed E-state index contributed by atoms with van der Waals surface area (Å²) in [6.07, 6.45) is 1.89. The van der Waals surface area contributed by atoms with Gasteiger partial charge in [-0.3, -0.25) is 4.79 Å². The highest BCUT2D eigenvalue weighted by molar-refractivity contribution is 6.31. The number of likely N-dealkylation sites (tertiary alicyclic amines) is 1. The van der Waals surface area contributed by atoms with E-state index in [1.165, 1.54) is 0 Å². The minimum absolute atomic E-state index is 0.0400. The molecule has 25 heavy (non-hydrogen) atoms. The molecule has 7 heteroatoms. The number of rotatable bonds is 6. The van der Waals surface area contributed by atoms with Crippen molar-refractivity contribution in [3.05, 3.63) is 28.8 Å². The molecule has 1 aliphatic heterocycles. The molecule has 0 bridgehead atoms. The third-order valence-corrected chi connectivity index (χ3v) is 4.51. The highest BCUT2D eigenvalue weighted by Gasteiger charge is 2.23. The number of nitrogens with one attached hydrogen (secondary N) is 2. The number of nitrogens with zero attached hydrogens (tertiary/aromatic N) is 1. The van der Waals surface area contributed by atoms with Crippen LogP contribution >= 0.6 is 11.6 Å². The van der Waals surface area contributed by atoms with Crippen molar-refractivity contribution in [1.29, 1.82) is 0 Å². The minimum atomic E-state index is -0.239. The molecule has 2 N–H and O–H groups in total. The predicted molar refractivity (Wildman–Crippen MR) is 99.1 cm³/mol. The molecule has 6 nitrogen and oxygen atoms in total. The maximum atomic E-state index is 12.1. The number of anilines is 1. The van der Waals surface area contributed by atoms with Crippen LogP contribution in [0.3, 0.4) is 0 Å². The molecule has 0 saturated carbocycles. The van der Waals surface area contributed by atoms with E-state index in [1.54, 1.807) is 17.0 Å². The van der Waals surface area contributed by atoms with Crippen LogP contribution in [0.1, 0.15) is 31.7 Å². The fourth-order valence-electron chi connectivity index (χ4n) is 2.81. The van der Waals surface area contributed by atoms with Gasteiger partial charge in [0, 0.05) is 42.8 Å². The number of carbonyl (C=O) groups excluding carboxylic acids is 2. The number of halogens is 1. The number of piperidine rings is 1. The first-order valence-corrected chi connectivity index (χ1v) is 9.08. The van der Waals surface area contributed by atoms with Gasteiger partial charge in [-0.15, -0.1) is 0 Å². The third kappa shape index (κ3) is 6.21. The van der Waals surface area contributed by atoms with Crippen LogP contribution < -0.4 is 10.6 Å². The largest absolute Gasteiger partial charge is 0.450 e. The summed E-state index contributed by atoms with van der Waals surface area (Å²) in [6.45, 7) is 6.12. The van der Waals surface area contributed by atoms with E-state index in [9.17, 15) is 9.59 Å². The molecule has 0 unspecified atom stereocenters. The van der Waals surface area contributed by atoms with Crippen LogP contribution in [-0.2, 0) is 9.53 Å². The molecule has 0 radical (unpaired) electrons. The molecule has 1 aromatic rings. The summed E-state index contributed by atoms with van der Waals surface area (Å²) in [6, 6.07) is 5.77. The van der Waals surface area contributed by atoms with Gasteiger partial charge in [0.25, 0.3) is 0 Å². The van der Waals surface area contributed by atoms with Gasteiger partial charge in [0.2, 0.25) is 5.91 Å². The lowest BCUT2D eigenvalue weighted by Gasteiger charge is -2.31. The maximum absolute atomic E-state index is 12.1. The zero-order valence-corrected chi connectivity index (χ0v) is 15.6. The van der Waals surface area contributed by atoms with Crippen LogP contribution in [-0.4, -0.2) is 49.2 Å². The fourth-order valence-corrected chi connectivity index (χ4v) is 2.98. The van der Waals surface area contributed by atoms with Crippen molar-refractivity contribution in [3.63, 3.8) is 0 Å².